The Labute approximate surface area is 148 Å². The van der Waals surface area contributed by atoms with E-state index in [4.69, 9.17) is 0 Å². The Bertz CT molecular complexity index is 641. The lowest BCUT2D eigenvalue weighted by Crippen LogP contribution is -2.50. The first-order valence-electron chi connectivity index (χ1n) is 8.91. The van der Waals surface area contributed by atoms with Gasteiger partial charge in [0.1, 0.15) is 6.04 Å². The van der Waals surface area contributed by atoms with Gasteiger partial charge in [0, 0.05) is 39.5 Å². The molecule has 2 atom stereocenters. The van der Waals surface area contributed by atoms with Crippen molar-refractivity contribution in [3.05, 3.63) is 35.9 Å². The number of nitrogens with one attached hydrogen (secondary N) is 1. The molecule has 2 aliphatic rings. The summed E-state index contributed by atoms with van der Waals surface area (Å²) in [5.41, 5.74) is 1.01. The van der Waals surface area contributed by atoms with E-state index in [2.05, 4.69) is 5.32 Å². The van der Waals surface area contributed by atoms with E-state index in [1.807, 2.05) is 35.2 Å². The van der Waals surface area contributed by atoms with Crippen LogP contribution in [-0.4, -0.2) is 60.2 Å². The molecule has 2 heterocycles. The summed E-state index contributed by atoms with van der Waals surface area (Å²) in [5.74, 6) is -0.619. The Morgan fingerprint density at radius 1 is 1.20 bits per heavy atom. The van der Waals surface area contributed by atoms with E-state index < -0.39 is 6.04 Å². The van der Waals surface area contributed by atoms with Gasteiger partial charge in [0.2, 0.25) is 17.7 Å². The maximum Gasteiger partial charge on any atom is 0.245 e. The number of hydrogen-bond acceptors (Lipinski definition) is 3. The van der Waals surface area contributed by atoms with Crippen LogP contribution in [-0.2, 0) is 20.8 Å². The predicted molar refractivity (Wildman–Crippen MR) is 93.6 cm³/mol. The maximum atomic E-state index is 12.9. The number of carbonyl (C=O) groups excluding carboxylic acids is 3. The Balaban J connectivity index is 1.70. The molecule has 25 heavy (non-hydrogen) atoms. The largest absolute Gasteiger partial charge is 0.345 e. The van der Waals surface area contributed by atoms with E-state index >= 15 is 0 Å². The zero-order valence-electron chi connectivity index (χ0n) is 14.6. The van der Waals surface area contributed by atoms with Gasteiger partial charge in [0.25, 0.3) is 0 Å². The molecule has 1 aromatic carbocycles. The predicted octanol–water partition coefficient (Wildman–Crippen LogP) is 0.815. The van der Waals surface area contributed by atoms with Crippen LogP contribution in [0.5, 0.6) is 0 Å². The van der Waals surface area contributed by atoms with Gasteiger partial charge >= 0.3 is 0 Å². The van der Waals surface area contributed by atoms with Crippen LogP contribution in [0.3, 0.4) is 0 Å². The highest BCUT2D eigenvalue weighted by atomic mass is 16.2. The van der Waals surface area contributed by atoms with Gasteiger partial charge in [-0.25, -0.2) is 0 Å². The van der Waals surface area contributed by atoms with Crippen molar-refractivity contribution in [2.45, 2.75) is 31.7 Å². The quantitative estimate of drug-likeness (QED) is 0.860. The number of rotatable bonds is 5. The third kappa shape index (κ3) is 4.18. The van der Waals surface area contributed by atoms with Gasteiger partial charge in [-0.15, -0.1) is 0 Å². The molecule has 1 aromatic rings. The molecule has 2 aliphatic heterocycles. The first kappa shape index (κ1) is 17.5. The molecule has 0 radical (unpaired) electrons. The fraction of sp³-hybridized carbons (Fsp3) is 0.526. The normalized spacial score (nSPS) is 21.5. The van der Waals surface area contributed by atoms with Crippen molar-refractivity contribution in [3.8, 4) is 0 Å². The summed E-state index contributed by atoms with van der Waals surface area (Å²) in [6.07, 6.45) is 2.72. The molecule has 0 aromatic heterocycles. The molecule has 0 bridgehead atoms. The van der Waals surface area contributed by atoms with Crippen molar-refractivity contribution < 1.29 is 14.4 Å². The Morgan fingerprint density at radius 2 is 1.88 bits per heavy atom. The van der Waals surface area contributed by atoms with Crippen LogP contribution in [0, 0.1) is 5.92 Å². The number of benzene rings is 1. The van der Waals surface area contributed by atoms with Crippen molar-refractivity contribution in [2.75, 3.05) is 26.7 Å². The summed E-state index contributed by atoms with van der Waals surface area (Å²) in [4.78, 5) is 40.5. The van der Waals surface area contributed by atoms with Gasteiger partial charge < -0.3 is 15.1 Å². The number of amides is 3. The fourth-order valence-electron chi connectivity index (χ4n) is 3.54. The highest BCUT2D eigenvalue weighted by molar-refractivity contribution is 5.92. The zero-order valence-corrected chi connectivity index (χ0v) is 14.6. The molecule has 3 amide bonds. The molecule has 3 rings (SSSR count). The second-order valence-electron chi connectivity index (χ2n) is 6.96. The summed E-state index contributed by atoms with van der Waals surface area (Å²) in [6.45, 7) is 1.93. The van der Waals surface area contributed by atoms with Crippen molar-refractivity contribution in [2.24, 2.45) is 5.92 Å². The van der Waals surface area contributed by atoms with E-state index in [0.717, 1.165) is 31.5 Å². The molecule has 0 saturated carbocycles. The number of nitrogens with zero attached hydrogens (tertiary/aromatic N) is 2. The van der Waals surface area contributed by atoms with Crippen LogP contribution in [0.1, 0.15) is 24.8 Å². The van der Waals surface area contributed by atoms with Crippen LogP contribution >= 0.6 is 0 Å². The molecule has 0 spiro atoms. The van der Waals surface area contributed by atoms with Gasteiger partial charge in [-0.05, 0) is 18.4 Å². The standard InChI is InChI=1S/C19H25N3O3/c1-21-13-15(12-17(21)23)18(24)20-16(11-14-7-3-2-4-8-14)19(25)22-9-5-6-10-22/h2-4,7-8,15-16H,5-6,9-13H2,1H3,(H,20,24)/t15-,16+/m0/s1. The highest BCUT2D eigenvalue weighted by Gasteiger charge is 2.35. The average Bonchev–Trinajstić information content (AvgIpc) is 3.25. The van der Waals surface area contributed by atoms with E-state index in [0.29, 0.717) is 13.0 Å². The minimum atomic E-state index is -0.575. The molecule has 1 N–H and O–H groups in total. The maximum absolute atomic E-state index is 12.9. The van der Waals surface area contributed by atoms with Gasteiger partial charge in [0.05, 0.1) is 5.92 Å². The number of likely N-dealkylation sites (tertiary alicyclic amines) is 2. The Kier molecular flexibility index (Phi) is 5.36. The molecular formula is C19H25N3O3. The van der Waals surface area contributed by atoms with Gasteiger partial charge in [-0.2, -0.15) is 0 Å². The van der Waals surface area contributed by atoms with Crippen LogP contribution in [0.4, 0.5) is 0 Å². The summed E-state index contributed by atoms with van der Waals surface area (Å²) in [7, 11) is 1.70. The first-order valence-corrected chi connectivity index (χ1v) is 8.91. The van der Waals surface area contributed by atoms with Crippen LogP contribution in [0.2, 0.25) is 0 Å². The third-order valence-electron chi connectivity index (χ3n) is 5.03. The lowest BCUT2D eigenvalue weighted by atomic mass is 10.0. The van der Waals surface area contributed by atoms with Gasteiger partial charge in [0.15, 0.2) is 0 Å². The fourth-order valence-corrected chi connectivity index (χ4v) is 3.54. The summed E-state index contributed by atoms with van der Waals surface area (Å²) >= 11 is 0. The highest BCUT2D eigenvalue weighted by Crippen LogP contribution is 2.18. The van der Waals surface area contributed by atoms with E-state index in [1.165, 1.54) is 0 Å². The first-order chi connectivity index (χ1) is 12.0. The molecule has 6 heteroatoms. The molecule has 0 unspecified atom stereocenters. The smallest absolute Gasteiger partial charge is 0.245 e. The molecule has 134 valence electrons. The van der Waals surface area contributed by atoms with Crippen molar-refractivity contribution in [1.29, 1.82) is 0 Å². The molecule has 2 fully saturated rings. The van der Waals surface area contributed by atoms with Crippen molar-refractivity contribution >= 4 is 17.7 Å². The van der Waals surface area contributed by atoms with Gasteiger partial charge in [-0.1, -0.05) is 30.3 Å². The van der Waals surface area contributed by atoms with Crippen molar-refractivity contribution in [1.82, 2.24) is 15.1 Å². The minimum Gasteiger partial charge on any atom is -0.345 e. The lowest BCUT2D eigenvalue weighted by molar-refractivity contribution is -0.136. The Hall–Kier alpha value is -2.37. The Morgan fingerprint density at radius 3 is 2.48 bits per heavy atom. The minimum absolute atomic E-state index is 0.0209. The lowest BCUT2D eigenvalue weighted by Gasteiger charge is -2.25. The second-order valence-corrected chi connectivity index (χ2v) is 6.96. The molecular weight excluding hydrogens is 318 g/mol. The van der Waals surface area contributed by atoms with Crippen molar-refractivity contribution in [3.63, 3.8) is 0 Å². The summed E-state index contributed by atoms with van der Waals surface area (Å²) in [5, 5.41) is 2.92. The number of hydrogen-bond donors (Lipinski definition) is 1. The molecule has 0 aliphatic carbocycles. The molecule has 2 saturated heterocycles. The van der Waals surface area contributed by atoms with Crippen LogP contribution in [0.25, 0.3) is 0 Å². The monoisotopic (exact) mass is 343 g/mol. The average molecular weight is 343 g/mol. The second kappa shape index (κ2) is 7.68. The van der Waals surface area contributed by atoms with Gasteiger partial charge in [-0.3, -0.25) is 14.4 Å². The SMILES string of the molecule is CN1C[C@@H](C(=O)N[C@H](Cc2ccccc2)C(=O)N2CCCC2)CC1=O. The summed E-state index contributed by atoms with van der Waals surface area (Å²) < 4.78 is 0. The summed E-state index contributed by atoms with van der Waals surface area (Å²) in [6, 6.07) is 9.14. The van der Waals surface area contributed by atoms with E-state index in [1.54, 1.807) is 11.9 Å². The third-order valence-corrected chi connectivity index (χ3v) is 5.03. The zero-order chi connectivity index (χ0) is 17.8. The topological polar surface area (TPSA) is 69.7 Å². The van der Waals surface area contributed by atoms with E-state index in [-0.39, 0.29) is 30.1 Å². The van der Waals surface area contributed by atoms with Crippen LogP contribution < -0.4 is 5.32 Å². The van der Waals surface area contributed by atoms with Crippen LogP contribution in [0.15, 0.2) is 30.3 Å². The number of carbonyl (C=O) groups is 3. The molecule has 6 nitrogen and oxygen atoms in total. The van der Waals surface area contributed by atoms with E-state index in [9.17, 15) is 14.4 Å².